The van der Waals surface area contributed by atoms with Gasteiger partial charge in [0.05, 0.1) is 6.61 Å². The van der Waals surface area contributed by atoms with E-state index in [0.717, 1.165) is 50.2 Å². The fraction of sp³-hybridized carbons (Fsp3) is 0.536. The third-order valence-corrected chi connectivity index (χ3v) is 6.52. The molecule has 0 spiro atoms. The molecule has 0 aromatic carbocycles. The Morgan fingerprint density at radius 3 is 2.95 bits per heavy atom. The lowest BCUT2D eigenvalue weighted by molar-refractivity contribution is -0.139. The second-order valence-electron chi connectivity index (χ2n) is 9.63. The summed E-state index contributed by atoms with van der Waals surface area (Å²) < 4.78 is 31.7. The molecule has 3 rings (SSSR count). The molecular weight excluding hydrogens is 534 g/mol. The minimum absolute atomic E-state index is 0.139. The topological polar surface area (TPSA) is 129 Å². The highest BCUT2D eigenvalue weighted by Gasteiger charge is 2.20. The summed E-state index contributed by atoms with van der Waals surface area (Å²) in [7, 11) is 0. The predicted octanol–water partition coefficient (Wildman–Crippen LogP) is 3.25. The molecule has 1 aliphatic rings. The van der Waals surface area contributed by atoms with Crippen molar-refractivity contribution in [3.63, 3.8) is 0 Å². The molecule has 0 saturated carbocycles. The number of carboxylic acid groups (broad SMARTS) is 1. The summed E-state index contributed by atoms with van der Waals surface area (Å²) in [4.78, 5) is 27.0. The van der Waals surface area contributed by atoms with E-state index in [1.165, 1.54) is 18.0 Å². The minimum atomic E-state index is -2.53. The van der Waals surface area contributed by atoms with E-state index < -0.39 is 25.0 Å². The van der Waals surface area contributed by atoms with Gasteiger partial charge in [0.25, 0.3) is 6.43 Å². The number of aromatic nitrogens is 3. The van der Waals surface area contributed by atoms with Crippen LogP contribution in [0, 0.1) is 0 Å². The highest BCUT2D eigenvalue weighted by atomic mass is 19.3. The van der Waals surface area contributed by atoms with Gasteiger partial charge in [-0.3, -0.25) is 4.68 Å². The van der Waals surface area contributed by atoms with Gasteiger partial charge in [-0.1, -0.05) is 12.6 Å². The third-order valence-electron chi connectivity index (χ3n) is 6.52. The van der Waals surface area contributed by atoms with E-state index in [9.17, 15) is 18.7 Å². The zero-order valence-electron chi connectivity index (χ0n) is 23.3. The van der Waals surface area contributed by atoms with E-state index in [1.807, 2.05) is 4.90 Å². The zero-order valence-corrected chi connectivity index (χ0v) is 23.3. The van der Waals surface area contributed by atoms with E-state index in [4.69, 9.17) is 9.72 Å². The van der Waals surface area contributed by atoms with Gasteiger partial charge in [0.1, 0.15) is 37.3 Å². The fourth-order valence-electron chi connectivity index (χ4n) is 4.35. The van der Waals surface area contributed by atoms with Crippen LogP contribution in [0.5, 0.6) is 0 Å². The number of carboxylic acids is 1. The van der Waals surface area contributed by atoms with Crippen molar-refractivity contribution in [1.29, 1.82) is 0 Å². The average Bonchev–Trinajstić information content (AvgIpc) is 3.49. The zero-order chi connectivity index (χ0) is 29.3. The van der Waals surface area contributed by atoms with Crippen LogP contribution in [0.15, 0.2) is 53.2 Å². The molecule has 0 aliphatic carbocycles. The van der Waals surface area contributed by atoms with Gasteiger partial charge in [0, 0.05) is 37.7 Å². The number of nitrogens with one attached hydrogen (secondary N) is 2. The lowest BCUT2D eigenvalue weighted by Crippen LogP contribution is -2.43. The van der Waals surface area contributed by atoms with Crippen LogP contribution >= 0.6 is 0 Å². The molecule has 0 radical (unpaired) electrons. The van der Waals surface area contributed by atoms with Crippen LogP contribution in [-0.2, 0) is 29.0 Å². The summed E-state index contributed by atoms with van der Waals surface area (Å²) in [6, 6.07) is 5.07. The number of nitrogens with zero attached hydrogens (tertiary/aromatic N) is 6. The molecule has 2 aromatic rings. The van der Waals surface area contributed by atoms with E-state index >= 15 is 0 Å². The number of ether oxygens (including phenoxy) is 1. The molecule has 1 atom stereocenters. The summed E-state index contributed by atoms with van der Waals surface area (Å²) in [6.07, 6.45) is 8.63. The summed E-state index contributed by atoms with van der Waals surface area (Å²) >= 11 is 0. The monoisotopic (exact) mass is 574 g/mol. The van der Waals surface area contributed by atoms with Gasteiger partial charge in [0.15, 0.2) is 0 Å². The molecule has 0 unspecified atom stereocenters. The number of fused-ring (bicyclic) bond motifs is 1. The number of pyridine rings is 1. The van der Waals surface area contributed by atoms with Gasteiger partial charge in [-0.05, 0) is 68.8 Å². The molecule has 3 heterocycles. The number of rotatable bonds is 19. The Kier molecular flexibility index (Phi) is 13.9. The number of aryl methyl sites for hydroxylation is 2. The Morgan fingerprint density at radius 2 is 2.20 bits per heavy atom. The standard InChI is InChI=1S/C28H40F2N8O3/c1-2-26(33-20-31-21-38-15-6-13-34-38)36-24(28(39)40)11-16-37(17-18-41-19-25(29)30)14-4-3-8-23-10-9-22-7-5-12-32-27(22)35-23/h2,6,9-10,13,15,20,24-25H,1,3-5,7-8,11-12,14,16-19,21H2,(H,32,35)(H,39,40)(H,31,33,36)/t24-/m0/s1. The maximum atomic E-state index is 12.5. The van der Waals surface area contributed by atoms with Crippen molar-refractivity contribution in [2.75, 3.05) is 44.7 Å². The van der Waals surface area contributed by atoms with Crippen molar-refractivity contribution in [2.24, 2.45) is 9.98 Å². The Balaban J connectivity index is 1.49. The number of hydrogen-bond donors (Lipinski definition) is 3. The lowest BCUT2D eigenvalue weighted by Gasteiger charge is -2.24. The molecule has 0 fully saturated rings. The first-order valence-electron chi connectivity index (χ1n) is 13.9. The molecule has 2 aromatic heterocycles. The maximum absolute atomic E-state index is 12.5. The predicted molar refractivity (Wildman–Crippen MR) is 155 cm³/mol. The van der Waals surface area contributed by atoms with Gasteiger partial charge in [-0.15, -0.1) is 0 Å². The molecule has 13 heteroatoms. The summed E-state index contributed by atoms with van der Waals surface area (Å²) in [5.41, 5.74) is 2.28. The van der Waals surface area contributed by atoms with E-state index in [2.05, 4.69) is 44.4 Å². The van der Waals surface area contributed by atoms with Crippen molar-refractivity contribution in [3.05, 3.63) is 54.5 Å². The van der Waals surface area contributed by atoms with Crippen molar-refractivity contribution < 1.29 is 23.4 Å². The van der Waals surface area contributed by atoms with E-state index in [-0.39, 0.29) is 25.5 Å². The normalized spacial score (nSPS) is 14.3. The lowest BCUT2D eigenvalue weighted by atomic mass is 10.1. The number of aliphatic carboxylic acids is 1. The van der Waals surface area contributed by atoms with Crippen LogP contribution in [-0.4, -0.2) is 94.8 Å². The number of alkyl halides is 2. The molecule has 11 nitrogen and oxygen atoms in total. The number of hydrogen-bond acceptors (Lipinski definition) is 7. The molecule has 3 N–H and O–H groups in total. The maximum Gasteiger partial charge on any atom is 0.326 e. The number of anilines is 1. The number of carbonyl (C=O) groups is 1. The summed E-state index contributed by atoms with van der Waals surface area (Å²) in [5.74, 6) is 0.222. The van der Waals surface area contributed by atoms with Gasteiger partial charge in [-0.25, -0.2) is 28.5 Å². The molecule has 1 aliphatic heterocycles. The second kappa shape index (κ2) is 17.9. The van der Waals surface area contributed by atoms with E-state index in [1.54, 1.807) is 23.1 Å². The molecule has 224 valence electrons. The first-order chi connectivity index (χ1) is 19.9. The Morgan fingerprint density at radius 1 is 1.32 bits per heavy atom. The molecule has 41 heavy (non-hydrogen) atoms. The highest BCUT2D eigenvalue weighted by molar-refractivity contribution is 5.99. The first kappa shape index (κ1) is 31.8. The Hall–Kier alpha value is -3.71. The van der Waals surface area contributed by atoms with E-state index in [0.29, 0.717) is 19.6 Å². The molecule has 0 amide bonds. The van der Waals surface area contributed by atoms with Gasteiger partial charge >= 0.3 is 5.97 Å². The summed E-state index contributed by atoms with van der Waals surface area (Å²) in [6.45, 7) is 5.97. The molecule has 0 bridgehead atoms. The van der Waals surface area contributed by atoms with Crippen LogP contribution in [0.3, 0.4) is 0 Å². The Bertz CT molecular complexity index is 1130. The largest absolute Gasteiger partial charge is 0.480 e. The quantitative estimate of drug-likeness (QED) is 0.133. The van der Waals surface area contributed by atoms with Gasteiger partial charge < -0.3 is 25.4 Å². The molecular formula is C28H40F2N8O3. The summed E-state index contributed by atoms with van der Waals surface area (Å²) in [5, 5.41) is 20.1. The van der Waals surface area contributed by atoms with Crippen LogP contribution < -0.4 is 10.6 Å². The number of unbranched alkanes of at least 4 members (excludes halogenated alkanes) is 1. The third kappa shape index (κ3) is 12.1. The van der Waals surface area contributed by atoms with Gasteiger partial charge in [-0.2, -0.15) is 5.10 Å². The smallest absolute Gasteiger partial charge is 0.326 e. The number of aliphatic imine (C=N–C) groups is 2. The fourth-order valence-corrected chi connectivity index (χ4v) is 4.35. The number of halogens is 2. The van der Waals surface area contributed by atoms with Crippen molar-refractivity contribution in [1.82, 2.24) is 25.0 Å². The van der Waals surface area contributed by atoms with Crippen molar-refractivity contribution in [2.45, 2.75) is 57.7 Å². The van der Waals surface area contributed by atoms with Crippen LogP contribution in [0.1, 0.15) is 36.9 Å². The SMILES string of the molecule is C=C/C(=N\C=N/Cn1cccn1)N[C@@H](CCN(CCCCc1ccc2c(n1)NCCC2)CCOCC(F)F)C(=O)O. The molecule has 0 saturated heterocycles. The van der Waals surface area contributed by atoms with Crippen LogP contribution in [0.25, 0.3) is 0 Å². The first-order valence-corrected chi connectivity index (χ1v) is 13.9. The second-order valence-corrected chi connectivity index (χ2v) is 9.63. The van der Waals surface area contributed by atoms with Crippen LogP contribution in [0.2, 0.25) is 0 Å². The van der Waals surface area contributed by atoms with Crippen LogP contribution in [0.4, 0.5) is 14.6 Å². The highest BCUT2D eigenvalue weighted by Crippen LogP contribution is 2.20. The number of amidine groups is 1. The Labute approximate surface area is 239 Å². The minimum Gasteiger partial charge on any atom is -0.480 e. The van der Waals surface area contributed by atoms with Gasteiger partial charge in [0.2, 0.25) is 0 Å². The van der Waals surface area contributed by atoms with Crippen molar-refractivity contribution >= 4 is 24.0 Å². The van der Waals surface area contributed by atoms with Crippen molar-refractivity contribution in [3.8, 4) is 0 Å². The average molecular weight is 575 g/mol.